The summed E-state index contributed by atoms with van der Waals surface area (Å²) in [5.41, 5.74) is 9.99. The molecule has 0 radical (unpaired) electrons. The highest BCUT2D eigenvalue weighted by molar-refractivity contribution is 5.75. The van der Waals surface area contributed by atoms with E-state index < -0.39 is 0 Å². The minimum Gasteiger partial charge on any atom is -0.383 e. The lowest BCUT2D eigenvalue weighted by Gasteiger charge is -2.09. The summed E-state index contributed by atoms with van der Waals surface area (Å²) in [7, 11) is 1.57. The van der Waals surface area contributed by atoms with Gasteiger partial charge in [0, 0.05) is 12.6 Å². The molecular weight excluding hydrogens is 316 g/mol. The molecule has 2 aromatic heterocycles. The molecule has 7 nitrogen and oxygen atoms in total. The second-order valence-electron chi connectivity index (χ2n) is 5.77. The number of aromatic nitrogens is 5. The summed E-state index contributed by atoms with van der Waals surface area (Å²) in [6.07, 6.45) is 4.65. The molecule has 7 heteroatoms. The number of rotatable bonds is 4. The van der Waals surface area contributed by atoms with Crippen molar-refractivity contribution in [1.82, 2.24) is 24.8 Å². The molecule has 0 bridgehead atoms. The van der Waals surface area contributed by atoms with Crippen LogP contribution in [0.5, 0.6) is 0 Å². The first-order chi connectivity index (χ1) is 12.0. The number of hydrogen-bond donors (Lipinski definition) is 1. The number of nitrogens with two attached hydrogens (primary N) is 1. The number of aryl methyl sites for hydroxylation is 3. The predicted octanol–water partition coefficient (Wildman–Crippen LogP) is 1.98. The second-order valence-corrected chi connectivity index (χ2v) is 5.77. The first-order valence-corrected chi connectivity index (χ1v) is 8.03. The van der Waals surface area contributed by atoms with Crippen molar-refractivity contribution in [3.63, 3.8) is 0 Å². The Balaban J connectivity index is 2.11. The lowest BCUT2D eigenvalue weighted by atomic mass is 10.0. The van der Waals surface area contributed by atoms with Gasteiger partial charge in [-0.25, -0.2) is 9.78 Å². The van der Waals surface area contributed by atoms with Crippen LogP contribution in [0.1, 0.15) is 29.3 Å². The molecule has 1 aromatic carbocycles. The summed E-state index contributed by atoms with van der Waals surface area (Å²) >= 11 is 0. The van der Waals surface area contributed by atoms with Gasteiger partial charge in [-0.3, -0.25) is 0 Å². The largest absolute Gasteiger partial charge is 0.383 e. The van der Waals surface area contributed by atoms with Gasteiger partial charge in [0.25, 0.3) is 0 Å². The average Bonchev–Trinajstić information content (AvgIpc) is 2.94. The maximum Gasteiger partial charge on any atom is 0.368 e. The molecule has 0 atom stereocenters. The van der Waals surface area contributed by atoms with Crippen molar-refractivity contribution in [2.24, 2.45) is 7.05 Å². The summed E-state index contributed by atoms with van der Waals surface area (Å²) < 4.78 is 2.50. The Morgan fingerprint density at radius 1 is 1.16 bits per heavy atom. The lowest BCUT2D eigenvalue weighted by molar-refractivity contribution is 0.693. The Morgan fingerprint density at radius 3 is 2.60 bits per heavy atom. The smallest absolute Gasteiger partial charge is 0.368 e. The van der Waals surface area contributed by atoms with Crippen LogP contribution < -0.4 is 11.4 Å². The fraction of sp³-hybridized carbons (Fsp3) is 0.222. The minimum absolute atomic E-state index is 0.291. The van der Waals surface area contributed by atoms with E-state index in [1.54, 1.807) is 7.05 Å². The van der Waals surface area contributed by atoms with Gasteiger partial charge in [0.05, 0.1) is 11.4 Å². The molecule has 0 spiro atoms. The molecule has 25 heavy (non-hydrogen) atoms. The molecule has 0 aliphatic carbocycles. The number of benzene rings is 1. The van der Waals surface area contributed by atoms with Crippen LogP contribution in [0, 0.1) is 6.92 Å². The molecule has 3 rings (SSSR count). The standard InChI is InChI=1S/C18H20N6O/c1-4-13-6-5-7-16(24-18(25)23(3)21-22-24)15(13)11-10-14-9-8-12(2)17(19)20-14/h5-11H,4H2,1-3H3,(H2,19,20)/b11-10+. The molecule has 3 aromatic rings. The second kappa shape index (κ2) is 6.72. The summed E-state index contributed by atoms with van der Waals surface area (Å²) in [5, 5.41) is 7.74. The van der Waals surface area contributed by atoms with E-state index in [1.807, 2.05) is 49.4 Å². The van der Waals surface area contributed by atoms with Crippen molar-refractivity contribution in [2.45, 2.75) is 20.3 Å². The van der Waals surface area contributed by atoms with Crippen molar-refractivity contribution in [3.05, 3.63) is 63.2 Å². The van der Waals surface area contributed by atoms with Crippen LogP contribution in [-0.2, 0) is 13.5 Å². The third kappa shape index (κ3) is 3.21. The molecule has 2 N–H and O–H groups in total. The van der Waals surface area contributed by atoms with Crippen LogP contribution in [0.4, 0.5) is 5.82 Å². The molecule has 0 saturated carbocycles. The van der Waals surface area contributed by atoms with E-state index in [1.165, 1.54) is 9.36 Å². The Morgan fingerprint density at radius 2 is 1.96 bits per heavy atom. The van der Waals surface area contributed by atoms with Gasteiger partial charge in [-0.2, -0.15) is 9.36 Å². The van der Waals surface area contributed by atoms with Crippen molar-refractivity contribution < 1.29 is 0 Å². The quantitative estimate of drug-likeness (QED) is 0.786. The summed E-state index contributed by atoms with van der Waals surface area (Å²) in [6.45, 7) is 3.98. The monoisotopic (exact) mass is 336 g/mol. The van der Waals surface area contributed by atoms with Crippen LogP contribution in [0.25, 0.3) is 17.8 Å². The van der Waals surface area contributed by atoms with E-state index in [9.17, 15) is 4.79 Å². The van der Waals surface area contributed by atoms with Crippen LogP contribution in [0.2, 0.25) is 0 Å². The van der Waals surface area contributed by atoms with Gasteiger partial charge >= 0.3 is 5.69 Å². The number of tetrazole rings is 1. The molecule has 128 valence electrons. The zero-order valence-corrected chi connectivity index (χ0v) is 14.5. The van der Waals surface area contributed by atoms with Crippen LogP contribution >= 0.6 is 0 Å². The lowest BCUT2D eigenvalue weighted by Crippen LogP contribution is -2.22. The first kappa shape index (κ1) is 16.6. The number of nitrogen functional groups attached to an aromatic ring is 1. The highest BCUT2D eigenvalue weighted by Gasteiger charge is 2.12. The number of anilines is 1. The van der Waals surface area contributed by atoms with Crippen molar-refractivity contribution in [3.8, 4) is 5.69 Å². The van der Waals surface area contributed by atoms with Gasteiger partial charge in [-0.15, -0.1) is 0 Å². The molecule has 0 aliphatic rings. The van der Waals surface area contributed by atoms with Gasteiger partial charge in [0.2, 0.25) is 0 Å². The maximum atomic E-state index is 12.2. The molecule has 0 aliphatic heterocycles. The Labute approximate surface area is 145 Å². The normalized spacial score (nSPS) is 11.3. The summed E-state index contributed by atoms with van der Waals surface area (Å²) in [4.78, 5) is 16.6. The Kier molecular flexibility index (Phi) is 4.47. The van der Waals surface area contributed by atoms with Crippen molar-refractivity contribution >= 4 is 18.0 Å². The average molecular weight is 336 g/mol. The van der Waals surface area contributed by atoms with Gasteiger partial charge in [-0.1, -0.05) is 31.2 Å². The van der Waals surface area contributed by atoms with Gasteiger partial charge in [-0.05, 0) is 53.1 Å². The van der Waals surface area contributed by atoms with E-state index >= 15 is 0 Å². The van der Waals surface area contributed by atoms with Crippen LogP contribution in [-0.4, -0.2) is 24.8 Å². The van der Waals surface area contributed by atoms with Crippen molar-refractivity contribution in [1.29, 1.82) is 0 Å². The number of hydrogen-bond acceptors (Lipinski definition) is 5. The maximum absolute atomic E-state index is 12.2. The van der Waals surface area contributed by atoms with E-state index in [0.29, 0.717) is 11.5 Å². The Hall–Kier alpha value is -3.22. The molecule has 0 fully saturated rings. The zero-order valence-electron chi connectivity index (χ0n) is 14.5. The summed E-state index contributed by atoms with van der Waals surface area (Å²) in [6, 6.07) is 9.63. The van der Waals surface area contributed by atoms with Gasteiger partial charge in [0.15, 0.2) is 0 Å². The molecule has 0 unspecified atom stereocenters. The van der Waals surface area contributed by atoms with Crippen molar-refractivity contribution in [2.75, 3.05) is 5.73 Å². The van der Waals surface area contributed by atoms with E-state index in [2.05, 4.69) is 22.3 Å². The summed E-state index contributed by atoms with van der Waals surface area (Å²) in [5.74, 6) is 0.510. The van der Waals surface area contributed by atoms with Gasteiger partial charge < -0.3 is 5.73 Å². The first-order valence-electron chi connectivity index (χ1n) is 8.03. The number of nitrogens with zero attached hydrogens (tertiary/aromatic N) is 5. The molecular formula is C18H20N6O. The minimum atomic E-state index is -0.291. The SMILES string of the molecule is CCc1cccc(-n2nnn(C)c2=O)c1/C=C/c1ccc(C)c(N)n1. The van der Waals surface area contributed by atoms with E-state index in [4.69, 9.17) is 5.73 Å². The number of pyridine rings is 1. The van der Waals surface area contributed by atoms with Gasteiger partial charge in [0.1, 0.15) is 5.82 Å². The third-order valence-electron chi connectivity index (χ3n) is 4.08. The molecule has 2 heterocycles. The topological polar surface area (TPSA) is 91.6 Å². The van der Waals surface area contributed by atoms with E-state index in [-0.39, 0.29) is 5.69 Å². The fourth-order valence-corrected chi connectivity index (χ4v) is 2.57. The molecule has 0 amide bonds. The highest BCUT2D eigenvalue weighted by atomic mass is 16.2. The predicted molar refractivity (Wildman–Crippen MR) is 98.3 cm³/mol. The van der Waals surface area contributed by atoms with E-state index in [0.717, 1.165) is 28.8 Å². The Bertz CT molecular complexity index is 999. The molecule has 0 saturated heterocycles. The third-order valence-corrected chi connectivity index (χ3v) is 4.08. The van der Waals surface area contributed by atoms with Crippen LogP contribution in [0.3, 0.4) is 0 Å². The fourth-order valence-electron chi connectivity index (χ4n) is 2.57. The highest BCUT2D eigenvalue weighted by Crippen LogP contribution is 2.21. The zero-order chi connectivity index (χ0) is 18.0. The van der Waals surface area contributed by atoms with Crippen LogP contribution in [0.15, 0.2) is 35.1 Å².